The average molecular weight is 584 g/mol. The molecule has 13 heteroatoms. The van der Waals surface area contributed by atoms with Crippen LogP contribution in [0.15, 0.2) is 55.0 Å². The number of pyridine rings is 1. The van der Waals surface area contributed by atoms with Crippen LogP contribution in [-0.2, 0) is 10.2 Å². The van der Waals surface area contributed by atoms with Crippen molar-refractivity contribution in [2.45, 2.75) is 26.3 Å². The van der Waals surface area contributed by atoms with Gasteiger partial charge in [-0.3, -0.25) is 14.3 Å². The fraction of sp³-hybridized carbons (Fsp3) is 0.321. The number of halogens is 2. The standard InChI is InChI=1S/C28H31F2N7O3S/c1-28(2,3)37-11-9-36(10-12-37)26-21-13-18(5-7-23(21)32-17-33-26)19-14-25(27(40-4)31-16-19)35-41(38,39)34-24-8-6-20(29)15-22(24)30/h5-8,13-17,34-35H,9-12H2,1-4H3. The molecule has 2 N–H and O–H groups in total. The van der Waals surface area contributed by atoms with Crippen molar-refractivity contribution in [2.24, 2.45) is 0 Å². The molecular formula is C28H31F2N7O3S. The van der Waals surface area contributed by atoms with Gasteiger partial charge in [0.2, 0.25) is 5.88 Å². The molecule has 2 aromatic heterocycles. The van der Waals surface area contributed by atoms with Crippen molar-refractivity contribution >= 4 is 38.3 Å². The summed E-state index contributed by atoms with van der Waals surface area (Å²) in [7, 11) is -2.99. The Morgan fingerprint density at radius 2 is 1.61 bits per heavy atom. The number of methoxy groups -OCH3 is 1. The lowest BCUT2D eigenvalue weighted by atomic mass is 10.0. The van der Waals surface area contributed by atoms with Crippen molar-refractivity contribution in [1.29, 1.82) is 0 Å². The number of rotatable bonds is 7. The Labute approximate surface area is 237 Å². The summed E-state index contributed by atoms with van der Waals surface area (Å²) in [5.41, 5.74) is 1.86. The Balaban J connectivity index is 1.44. The molecule has 2 aromatic carbocycles. The predicted octanol–water partition coefficient (Wildman–Crippen LogP) is 4.67. The van der Waals surface area contributed by atoms with E-state index in [1.807, 2.05) is 18.2 Å². The van der Waals surface area contributed by atoms with Gasteiger partial charge in [0.1, 0.15) is 29.5 Å². The van der Waals surface area contributed by atoms with E-state index in [0.717, 1.165) is 60.6 Å². The molecule has 1 fully saturated rings. The summed E-state index contributed by atoms with van der Waals surface area (Å²) in [6, 6.07) is 9.80. The van der Waals surface area contributed by atoms with Gasteiger partial charge in [0.15, 0.2) is 0 Å². The lowest BCUT2D eigenvalue weighted by molar-refractivity contribution is 0.128. The molecule has 4 aromatic rings. The maximum Gasteiger partial charge on any atom is 0.321 e. The third-order valence-corrected chi connectivity index (χ3v) is 7.92. The summed E-state index contributed by atoms with van der Waals surface area (Å²) < 4.78 is 62.6. The predicted molar refractivity (Wildman–Crippen MR) is 155 cm³/mol. The summed E-state index contributed by atoms with van der Waals surface area (Å²) in [4.78, 5) is 18.0. The van der Waals surface area contributed by atoms with E-state index in [4.69, 9.17) is 4.74 Å². The number of aromatic nitrogens is 3. The molecule has 1 saturated heterocycles. The molecule has 10 nitrogen and oxygen atoms in total. The van der Waals surface area contributed by atoms with Crippen molar-refractivity contribution in [3.05, 3.63) is 66.6 Å². The number of hydrogen-bond donors (Lipinski definition) is 2. The van der Waals surface area contributed by atoms with Crippen molar-refractivity contribution in [3.8, 4) is 17.0 Å². The molecule has 1 aliphatic heterocycles. The van der Waals surface area contributed by atoms with Gasteiger partial charge in [-0.1, -0.05) is 6.07 Å². The Kier molecular flexibility index (Phi) is 7.66. The normalized spacial score (nSPS) is 14.7. The zero-order valence-electron chi connectivity index (χ0n) is 23.1. The van der Waals surface area contributed by atoms with Crippen LogP contribution in [0, 0.1) is 11.6 Å². The minimum Gasteiger partial charge on any atom is -0.479 e. The van der Waals surface area contributed by atoms with E-state index < -0.39 is 27.5 Å². The average Bonchev–Trinajstić information content (AvgIpc) is 2.93. The zero-order valence-corrected chi connectivity index (χ0v) is 24.0. The monoisotopic (exact) mass is 583 g/mol. The summed E-state index contributed by atoms with van der Waals surface area (Å²) in [5, 5.41) is 0.862. The van der Waals surface area contributed by atoms with E-state index in [0.29, 0.717) is 11.6 Å². The molecule has 0 saturated carbocycles. The molecule has 0 radical (unpaired) electrons. The van der Waals surface area contributed by atoms with Crippen LogP contribution in [0.25, 0.3) is 22.0 Å². The third kappa shape index (κ3) is 6.30. The fourth-order valence-corrected chi connectivity index (χ4v) is 5.74. The van der Waals surface area contributed by atoms with E-state index in [-0.39, 0.29) is 17.1 Å². The molecule has 0 aliphatic carbocycles. The summed E-state index contributed by atoms with van der Waals surface area (Å²) in [6.07, 6.45) is 3.13. The number of benzene rings is 2. The minimum absolute atomic E-state index is 0.0141. The van der Waals surface area contributed by atoms with Crippen molar-refractivity contribution in [3.63, 3.8) is 0 Å². The van der Waals surface area contributed by atoms with Gasteiger partial charge in [-0.2, -0.15) is 8.42 Å². The second kappa shape index (κ2) is 11.1. The number of ether oxygens (including phenoxy) is 1. The van der Waals surface area contributed by atoms with Crippen LogP contribution >= 0.6 is 0 Å². The highest BCUT2D eigenvalue weighted by atomic mass is 32.2. The highest BCUT2D eigenvalue weighted by molar-refractivity contribution is 7.94. The first kappa shape index (κ1) is 28.4. The molecule has 41 heavy (non-hydrogen) atoms. The van der Waals surface area contributed by atoms with Gasteiger partial charge >= 0.3 is 10.2 Å². The molecule has 5 rings (SSSR count). The van der Waals surface area contributed by atoms with E-state index in [1.165, 1.54) is 7.11 Å². The third-order valence-electron chi connectivity index (χ3n) is 6.94. The first-order valence-corrected chi connectivity index (χ1v) is 14.5. The number of hydrogen-bond acceptors (Lipinski definition) is 8. The first-order valence-electron chi connectivity index (χ1n) is 13.0. The number of nitrogens with one attached hydrogen (secondary N) is 2. The summed E-state index contributed by atoms with van der Waals surface area (Å²) in [6.45, 7) is 10.1. The van der Waals surface area contributed by atoms with E-state index in [9.17, 15) is 17.2 Å². The molecule has 0 atom stereocenters. The van der Waals surface area contributed by atoms with Crippen LogP contribution in [0.4, 0.5) is 26.0 Å². The van der Waals surface area contributed by atoms with Crippen LogP contribution in [-0.4, -0.2) is 67.1 Å². The molecular weight excluding hydrogens is 552 g/mol. The van der Waals surface area contributed by atoms with Gasteiger partial charge in [-0.15, -0.1) is 0 Å². The highest BCUT2D eigenvalue weighted by Crippen LogP contribution is 2.33. The maximum absolute atomic E-state index is 14.1. The quantitative estimate of drug-likeness (QED) is 0.323. The van der Waals surface area contributed by atoms with Crippen LogP contribution < -0.4 is 19.1 Å². The van der Waals surface area contributed by atoms with Gasteiger partial charge in [-0.25, -0.2) is 23.7 Å². The molecule has 216 valence electrons. The SMILES string of the molecule is COc1ncc(-c2ccc3ncnc(N4CCN(C(C)(C)C)CC4)c3c2)cc1NS(=O)(=O)Nc1ccc(F)cc1F. The molecule has 0 spiro atoms. The Morgan fingerprint density at radius 3 is 2.29 bits per heavy atom. The fourth-order valence-electron chi connectivity index (χ4n) is 4.80. The maximum atomic E-state index is 14.1. The van der Waals surface area contributed by atoms with Crippen LogP contribution in [0.3, 0.4) is 0 Å². The van der Waals surface area contributed by atoms with Gasteiger partial charge in [-0.05, 0) is 56.7 Å². The Hall–Kier alpha value is -4.10. The topological polar surface area (TPSA) is 113 Å². The number of fused-ring (bicyclic) bond motifs is 1. The van der Waals surface area contributed by atoms with Crippen LogP contribution in [0.5, 0.6) is 5.88 Å². The second-order valence-corrected chi connectivity index (χ2v) is 12.1. The molecule has 0 unspecified atom stereocenters. The Morgan fingerprint density at radius 1 is 0.878 bits per heavy atom. The van der Waals surface area contributed by atoms with E-state index in [2.05, 4.69) is 55.0 Å². The van der Waals surface area contributed by atoms with Crippen LogP contribution in [0.2, 0.25) is 0 Å². The summed E-state index contributed by atoms with van der Waals surface area (Å²) >= 11 is 0. The molecule has 3 heterocycles. The van der Waals surface area contributed by atoms with Crippen LogP contribution in [0.1, 0.15) is 20.8 Å². The first-order chi connectivity index (χ1) is 19.4. The van der Waals surface area contributed by atoms with E-state index >= 15 is 0 Å². The van der Waals surface area contributed by atoms with E-state index in [1.54, 1.807) is 18.6 Å². The van der Waals surface area contributed by atoms with Crippen molar-refractivity contribution in [1.82, 2.24) is 19.9 Å². The van der Waals surface area contributed by atoms with Gasteiger partial charge in [0.05, 0.1) is 18.3 Å². The highest BCUT2D eigenvalue weighted by Gasteiger charge is 2.27. The lowest BCUT2D eigenvalue weighted by Gasteiger charge is -2.42. The molecule has 0 amide bonds. The number of piperazine rings is 1. The molecule has 1 aliphatic rings. The number of anilines is 3. The van der Waals surface area contributed by atoms with Gasteiger partial charge in [0, 0.05) is 54.9 Å². The Bertz CT molecular complexity index is 1690. The number of nitrogens with zero attached hydrogens (tertiary/aromatic N) is 5. The minimum atomic E-state index is -4.34. The summed E-state index contributed by atoms with van der Waals surface area (Å²) in [5.74, 6) is -1.03. The van der Waals surface area contributed by atoms with Crippen molar-refractivity contribution in [2.75, 3.05) is 47.6 Å². The molecule has 0 bridgehead atoms. The smallest absolute Gasteiger partial charge is 0.321 e. The van der Waals surface area contributed by atoms with Gasteiger partial charge < -0.3 is 9.64 Å². The zero-order chi connectivity index (χ0) is 29.4. The van der Waals surface area contributed by atoms with Crippen molar-refractivity contribution < 1.29 is 21.9 Å². The lowest BCUT2D eigenvalue weighted by Crippen LogP contribution is -2.53. The largest absolute Gasteiger partial charge is 0.479 e. The second-order valence-electron chi connectivity index (χ2n) is 10.7. The van der Waals surface area contributed by atoms with Gasteiger partial charge in [0.25, 0.3) is 0 Å².